The van der Waals surface area contributed by atoms with Gasteiger partial charge in [-0.15, -0.1) is 0 Å². The van der Waals surface area contributed by atoms with Crippen LogP contribution in [0, 0.1) is 10.8 Å². The Kier molecular flexibility index (Phi) is 2.10. The van der Waals surface area contributed by atoms with Crippen LogP contribution in [0.25, 0.3) is 0 Å². The zero-order valence-corrected chi connectivity index (χ0v) is 10.5. The molecular formula is C13H24FN. The quantitative estimate of drug-likeness (QED) is 0.763. The van der Waals surface area contributed by atoms with Crippen molar-refractivity contribution in [3.8, 4) is 0 Å². The third-order valence-electron chi connectivity index (χ3n) is 3.79. The second-order valence-corrected chi connectivity index (χ2v) is 7.75. The van der Waals surface area contributed by atoms with Crippen LogP contribution < -0.4 is 5.73 Å². The van der Waals surface area contributed by atoms with E-state index in [2.05, 4.69) is 27.7 Å². The highest BCUT2D eigenvalue weighted by molar-refractivity contribution is 5.20. The van der Waals surface area contributed by atoms with Gasteiger partial charge < -0.3 is 5.73 Å². The van der Waals surface area contributed by atoms with Crippen molar-refractivity contribution in [1.29, 1.82) is 0 Å². The van der Waals surface area contributed by atoms with Gasteiger partial charge in [-0.05, 0) is 49.9 Å². The van der Waals surface area contributed by atoms with Crippen molar-refractivity contribution in [3.05, 3.63) is 0 Å². The molecule has 3 rings (SSSR count). The Labute approximate surface area is 92.6 Å². The van der Waals surface area contributed by atoms with E-state index >= 15 is 0 Å². The molecule has 2 bridgehead atoms. The standard InChI is InChI=1S/C13H24FN/c1-10(2,3)5-11(4,15)6-12-7-13(14,8-12)9-12/h5-9,15H2,1-4H3. The van der Waals surface area contributed by atoms with E-state index in [9.17, 15) is 4.39 Å². The molecule has 0 amide bonds. The van der Waals surface area contributed by atoms with Crippen molar-refractivity contribution < 1.29 is 4.39 Å². The summed E-state index contributed by atoms with van der Waals surface area (Å²) in [6, 6.07) is 0. The molecule has 1 unspecified atom stereocenters. The smallest absolute Gasteiger partial charge is 0.112 e. The summed E-state index contributed by atoms with van der Waals surface area (Å²) >= 11 is 0. The van der Waals surface area contributed by atoms with Crippen LogP contribution in [-0.4, -0.2) is 11.2 Å². The zero-order valence-electron chi connectivity index (χ0n) is 10.5. The summed E-state index contributed by atoms with van der Waals surface area (Å²) in [7, 11) is 0. The molecule has 0 saturated heterocycles. The van der Waals surface area contributed by atoms with Gasteiger partial charge in [0.1, 0.15) is 5.67 Å². The predicted molar refractivity (Wildman–Crippen MR) is 61.4 cm³/mol. The SMILES string of the molecule is CC(C)(C)CC(C)(N)CC12CC(F)(C1)C2. The van der Waals surface area contributed by atoms with Crippen LogP contribution in [-0.2, 0) is 0 Å². The maximum absolute atomic E-state index is 13.4. The second-order valence-electron chi connectivity index (χ2n) is 7.75. The molecule has 0 aromatic heterocycles. The summed E-state index contributed by atoms with van der Waals surface area (Å²) in [5.74, 6) is 0. The van der Waals surface area contributed by atoms with Gasteiger partial charge in [0.05, 0.1) is 0 Å². The van der Waals surface area contributed by atoms with Gasteiger partial charge in [0.25, 0.3) is 0 Å². The van der Waals surface area contributed by atoms with Crippen LogP contribution in [0.15, 0.2) is 0 Å². The van der Waals surface area contributed by atoms with Crippen molar-refractivity contribution in [2.45, 2.75) is 71.0 Å². The summed E-state index contributed by atoms with van der Waals surface area (Å²) in [4.78, 5) is 0. The molecule has 0 aromatic rings. The largest absolute Gasteiger partial charge is 0.325 e. The number of rotatable bonds is 3. The van der Waals surface area contributed by atoms with Crippen LogP contribution in [0.3, 0.4) is 0 Å². The van der Waals surface area contributed by atoms with Gasteiger partial charge in [-0.2, -0.15) is 0 Å². The molecular weight excluding hydrogens is 189 g/mol. The molecule has 0 spiro atoms. The van der Waals surface area contributed by atoms with Crippen molar-refractivity contribution in [1.82, 2.24) is 0 Å². The third-order valence-corrected chi connectivity index (χ3v) is 3.79. The Morgan fingerprint density at radius 1 is 1.13 bits per heavy atom. The van der Waals surface area contributed by atoms with Crippen molar-refractivity contribution in [3.63, 3.8) is 0 Å². The van der Waals surface area contributed by atoms with Crippen molar-refractivity contribution in [2.24, 2.45) is 16.6 Å². The predicted octanol–water partition coefficient (Wildman–Crippen LogP) is 3.42. The first-order valence-electron chi connectivity index (χ1n) is 6.01. The molecule has 1 nitrogen and oxygen atoms in total. The third kappa shape index (κ3) is 2.20. The van der Waals surface area contributed by atoms with Gasteiger partial charge in [-0.1, -0.05) is 20.8 Å². The zero-order chi connectivity index (χ0) is 11.5. The van der Waals surface area contributed by atoms with Gasteiger partial charge >= 0.3 is 0 Å². The van der Waals surface area contributed by atoms with E-state index < -0.39 is 5.67 Å². The molecule has 3 aliphatic carbocycles. The molecule has 0 radical (unpaired) electrons. The highest BCUT2D eigenvalue weighted by Crippen LogP contribution is 2.72. The van der Waals surface area contributed by atoms with Gasteiger partial charge in [-0.25, -0.2) is 4.39 Å². The summed E-state index contributed by atoms with van der Waals surface area (Å²) in [6.45, 7) is 8.79. The Hall–Kier alpha value is -0.110. The lowest BCUT2D eigenvalue weighted by molar-refractivity contribution is -0.223. The van der Waals surface area contributed by atoms with Crippen LogP contribution in [0.2, 0.25) is 0 Å². The highest BCUT2D eigenvalue weighted by atomic mass is 19.1. The summed E-state index contributed by atoms with van der Waals surface area (Å²) in [5.41, 5.74) is 5.98. The summed E-state index contributed by atoms with van der Waals surface area (Å²) in [6.07, 6.45) is 4.34. The number of halogens is 1. The van der Waals surface area contributed by atoms with E-state index in [1.54, 1.807) is 0 Å². The Bertz CT molecular complexity index is 255. The fourth-order valence-electron chi connectivity index (χ4n) is 4.18. The maximum Gasteiger partial charge on any atom is 0.112 e. The topological polar surface area (TPSA) is 26.0 Å². The molecule has 3 fully saturated rings. The lowest BCUT2D eigenvalue weighted by atomic mass is 9.39. The van der Waals surface area contributed by atoms with Crippen LogP contribution in [0.4, 0.5) is 4.39 Å². The minimum atomic E-state index is -0.780. The summed E-state index contributed by atoms with van der Waals surface area (Å²) in [5, 5.41) is 0. The minimum absolute atomic E-state index is 0.125. The Morgan fingerprint density at radius 3 is 1.93 bits per heavy atom. The average Bonchev–Trinajstić information content (AvgIpc) is 1.73. The number of nitrogens with two attached hydrogens (primary N) is 1. The molecule has 3 saturated carbocycles. The normalized spacial score (nSPS) is 42.8. The maximum atomic E-state index is 13.4. The van der Waals surface area contributed by atoms with Crippen molar-refractivity contribution >= 4 is 0 Å². The van der Waals surface area contributed by atoms with E-state index in [1.165, 1.54) is 0 Å². The molecule has 88 valence electrons. The molecule has 2 heteroatoms. The van der Waals surface area contributed by atoms with Crippen LogP contribution in [0.1, 0.15) is 59.8 Å². The van der Waals surface area contributed by atoms with E-state index in [4.69, 9.17) is 5.73 Å². The fraction of sp³-hybridized carbons (Fsp3) is 1.00. The van der Waals surface area contributed by atoms with E-state index in [0.29, 0.717) is 0 Å². The molecule has 0 aromatic carbocycles. The van der Waals surface area contributed by atoms with E-state index in [1.807, 2.05) is 0 Å². The molecule has 3 aliphatic rings. The minimum Gasteiger partial charge on any atom is -0.325 e. The van der Waals surface area contributed by atoms with Crippen LogP contribution >= 0.6 is 0 Å². The first-order valence-corrected chi connectivity index (χ1v) is 6.01. The fourth-order valence-corrected chi connectivity index (χ4v) is 4.18. The number of hydrogen-bond donors (Lipinski definition) is 1. The number of hydrogen-bond acceptors (Lipinski definition) is 1. The van der Waals surface area contributed by atoms with Gasteiger partial charge in [0, 0.05) is 5.54 Å². The average molecular weight is 213 g/mol. The monoisotopic (exact) mass is 213 g/mol. The summed E-state index contributed by atoms with van der Waals surface area (Å²) < 4.78 is 13.4. The molecule has 15 heavy (non-hydrogen) atoms. The number of alkyl halides is 1. The van der Waals surface area contributed by atoms with Crippen LogP contribution in [0.5, 0.6) is 0 Å². The lowest BCUT2D eigenvalue weighted by Gasteiger charge is -2.68. The van der Waals surface area contributed by atoms with Gasteiger partial charge in [-0.3, -0.25) is 0 Å². The Morgan fingerprint density at radius 2 is 1.60 bits per heavy atom. The molecule has 2 N–H and O–H groups in total. The Balaban J connectivity index is 1.89. The van der Waals surface area contributed by atoms with E-state index in [-0.39, 0.29) is 16.4 Å². The van der Waals surface area contributed by atoms with Crippen molar-refractivity contribution in [2.75, 3.05) is 0 Å². The van der Waals surface area contributed by atoms with Gasteiger partial charge in [0.15, 0.2) is 0 Å². The molecule has 0 heterocycles. The van der Waals surface area contributed by atoms with Gasteiger partial charge in [0.2, 0.25) is 0 Å². The molecule has 0 aliphatic heterocycles. The van der Waals surface area contributed by atoms with E-state index in [0.717, 1.165) is 32.1 Å². The lowest BCUT2D eigenvalue weighted by Crippen LogP contribution is -2.67. The first kappa shape index (κ1) is 11.4. The first-order chi connectivity index (χ1) is 6.54. The second kappa shape index (κ2) is 2.77. The molecule has 1 atom stereocenters. The highest BCUT2D eigenvalue weighted by Gasteiger charge is 2.69.